The summed E-state index contributed by atoms with van der Waals surface area (Å²) in [6.07, 6.45) is 0.844. The fraction of sp³-hybridized carbons (Fsp3) is 0.250. The van der Waals surface area contributed by atoms with E-state index in [1.54, 1.807) is 0 Å². The highest BCUT2D eigenvalue weighted by Crippen LogP contribution is 2.19. The number of pyridine rings is 1. The second kappa shape index (κ2) is 5.91. The van der Waals surface area contributed by atoms with Crippen molar-refractivity contribution in [2.24, 2.45) is 5.14 Å². The zero-order chi connectivity index (χ0) is 14.6. The molecule has 0 aromatic carbocycles. The summed E-state index contributed by atoms with van der Waals surface area (Å²) in [6, 6.07) is 1.02. The van der Waals surface area contributed by atoms with Crippen LogP contribution in [0.5, 0.6) is 0 Å². The number of hydrogen-bond acceptors (Lipinski definition) is 6. The summed E-state index contributed by atoms with van der Waals surface area (Å²) in [4.78, 5) is 25.1. The lowest BCUT2D eigenvalue weighted by molar-refractivity contribution is -0.385. The van der Waals surface area contributed by atoms with Gasteiger partial charge in [0.15, 0.2) is 0 Å². The van der Waals surface area contributed by atoms with Crippen LogP contribution < -0.4 is 10.5 Å². The van der Waals surface area contributed by atoms with Gasteiger partial charge in [0.25, 0.3) is 11.6 Å². The van der Waals surface area contributed by atoms with Gasteiger partial charge in [0.1, 0.15) is 16.9 Å². The predicted molar refractivity (Wildman–Crippen MR) is 66.2 cm³/mol. The number of carbonyl (C=O) groups excluding carboxylic acids is 1. The van der Waals surface area contributed by atoms with Gasteiger partial charge in [-0.15, -0.1) is 0 Å². The third-order valence-electron chi connectivity index (χ3n) is 1.96. The summed E-state index contributed by atoms with van der Waals surface area (Å²) in [5, 5.41) is 17.5. The first kappa shape index (κ1) is 15.3. The van der Waals surface area contributed by atoms with Crippen molar-refractivity contribution in [3.8, 4) is 0 Å². The number of hydrogen-bond donors (Lipinski definition) is 2. The molecule has 19 heavy (non-hydrogen) atoms. The van der Waals surface area contributed by atoms with Gasteiger partial charge in [-0.1, -0.05) is 11.6 Å². The molecule has 0 unspecified atom stereocenters. The molecule has 11 heteroatoms. The van der Waals surface area contributed by atoms with E-state index in [0.29, 0.717) is 0 Å². The summed E-state index contributed by atoms with van der Waals surface area (Å²) in [6.45, 7) is -0.269. The molecule has 0 radical (unpaired) electrons. The number of rotatable bonds is 5. The van der Waals surface area contributed by atoms with Gasteiger partial charge in [-0.2, -0.15) is 0 Å². The highest BCUT2D eigenvalue weighted by Gasteiger charge is 2.21. The average molecular weight is 309 g/mol. The monoisotopic (exact) mass is 308 g/mol. The molecule has 0 saturated carbocycles. The molecule has 3 N–H and O–H groups in total. The molecule has 1 rings (SSSR count). The maximum atomic E-state index is 11.7. The minimum atomic E-state index is -3.72. The van der Waals surface area contributed by atoms with Crippen LogP contribution in [0.1, 0.15) is 10.4 Å². The maximum absolute atomic E-state index is 11.7. The molecule has 0 aliphatic heterocycles. The van der Waals surface area contributed by atoms with Crippen LogP contribution >= 0.6 is 11.6 Å². The third-order valence-corrected chi connectivity index (χ3v) is 2.94. The van der Waals surface area contributed by atoms with Crippen molar-refractivity contribution in [1.29, 1.82) is 0 Å². The molecule has 1 aromatic rings. The molecule has 104 valence electrons. The minimum absolute atomic E-state index is 0.0952. The molecular formula is C8H9ClN4O5S. The van der Waals surface area contributed by atoms with Crippen molar-refractivity contribution >= 4 is 33.2 Å². The number of aromatic nitrogens is 1. The van der Waals surface area contributed by atoms with E-state index < -0.39 is 32.3 Å². The fourth-order valence-corrected chi connectivity index (χ4v) is 1.70. The lowest BCUT2D eigenvalue weighted by Crippen LogP contribution is -2.31. The normalized spacial score (nSPS) is 11.1. The Balaban J connectivity index is 2.87. The molecule has 0 fully saturated rings. The number of nitrogens with one attached hydrogen (secondary N) is 1. The Bertz CT molecular complexity index is 618. The number of primary sulfonamides is 1. The molecule has 0 aliphatic rings. The number of carbonyl (C=O) groups is 1. The van der Waals surface area contributed by atoms with Gasteiger partial charge in [-0.3, -0.25) is 14.9 Å². The quantitative estimate of drug-likeness (QED) is 0.432. The topological polar surface area (TPSA) is 145 Å². The summed E-state index contributed by atoms with van der Waals surface area (Å²) >= 11 is 5.54. The Hall–Kier alpha value is -1.78. The Labute approximate surface area is 113 Å². The average Bonchev–Trinajstić information content (AvgIpc) is 2.26. The summed E-state index contributed by atoms with van der Waals surface area (Å²) in [5.41, 5.74) is -0.836. The van der Waals surface area contributed by atoms with E-state index in [0.717, 1.165) is 12.3 Å². The van der Waals surface area contributed by atoms with E-state index in [9.17, 15) is 23.3 Å². The van der Waals surface area contributed by atoms with Crippen LogP contribution in [0.4, 0.5) is 5.69 Å². The summed E-state index contributed by atoms with van der Waals surface area (Å²) in [7, 11) is -3.72. The SMILES string of the molecule is NS(=O)(=O)CCNC(=O)c1cc(Cl)ncc1[N+](=O)[O-]. The van der Waals surface area contributed by atoms with Crippen molar-refractivity contribution in [2.45, 2.75) is 0 Å². The lowest BCUT2D eigenvalue weighted by Gasteiger charge is -2.05. The molecular weight excluding hydrogens is 300 g/mol. The number of nitro groups is 1. The Morgan fingerprint density at radius 3 is 2.74 bits per heavy atom. The van der Waals surface area contributed by atoms with Crippen molar-refractivity contribution in [3.05, 3.63) is 33.1 Å². The molecule has 1 aromatic heterocycles. The minimum Gasteiger partial charge on any atom is -0.351 e. The number of nitrogens with zero attached hydrogens (tertiary/aromatic N) is 2. The van der Waals surface area contributed by atoms with Crippen LogP contribution in [-0.4, -0.2) is 36.5 Å². The third kappa shape index (κ3) is 4.77. The van der Waals surface area contributed by atoms with Crippen LogP contribution in [-0.2, 0) is 10.0 Å². The van der Waals surface area contributed by atoms with Gasteiger partial charge in [-0.25, -0.2) is 18.5 Å². The van der Waals surface area contributed by atoms with Crippen molar-refractivity contribution in [1.82, 2.24) is 10.3 Å². The van der Waals surface area contributed by atoms with Gasteiger partial charge in [0, 0.05) is 6.54 Å². The highest BCUT2D eigenvalue weighted by atomic mass is 35.5. The molecule has 0 aliphatic carbocycles. The van der Waals surface area contributed by atoms with Gasteiger partial charge < -0.3 is 5.32 Å². The standard InChI is InChI=1S/C8H9ClN4O5S/c9-7-3-5(6(4-12-7)13(15)16)8(14)11-1-2-19(10,17)18/h3-4H,1-2H2,(H,11,14)(H2,10,17,18). The van der Waals surface area contributed by atoms with E-state index in [2.05, 4.69) is 10.3 Å². The Morgan fingerprint density at radius 1 is 1.58 bits per heavy atom. The molecule has 0 spiro atoms. The van der Waals surface area contributed by atoms with Crippen LogP contribution in [0.15, 0.2) is 12.3 Å². The predicted octanol–water partition coefficient (Wildman–Crippen LogP) is -0.338. The van der Waals surface area contributed by atoms with Gasteiger partial charge in [-0.05, 0) is 6.07 Å². The maximum Gasteiger partial charge on any atom is 0.300 e. The van der Waals surface area contributed by atoms with Crippen molar-refractivity contribution in [3.63, 3.8) is 0 Å². The Kier molecular flexibility index (Phi) is 4.75. The first-order valence-electron chi connectivity index (χ1n) is 4.79. The largest absolute Gasteiger partial charge is 0.351 e. The lowest BCUT2D eigenvalue weighted by atomic mass is 10.2. The van der Waals surface area contributed by atoms with Crippen molar-refractivity contribution in [2.75, 3.05) is 12.3 Å². The molecule has 0 atom stereocenters. The van der Waals surface area contributed by atoms with Crippen LogP contribution in [0.25, 0.3) is 0 Å². The van der Waals surface area contributed by atoms with E-state index in [-0.39, 0.29) is 17.3 Å². The van der Waals surface area contributed by atoms with Gasteiger partial charge >= 0.3 is 0 Å². The van der Waals surface area contributed by atoms with Crippen LogP contribution in [0, 0.1) is 10.1 Å². The molecule has 0 saturated heterocycles. The van der Waals surface area contributed by atoms with Crippen LogP contribution in [0.2, 0.25) is 5.15 Å². The Morgan fingerprint density at radius 2 is 2.21 bits per heavy atom. The zero-order valence-electron chi connectivity index (χ0n) is 9.37. The van der Waals surface area contributed by atoms with E-state index >= 15 is 0 Å². The molecule has 1 amide bonds. The van der Waals surface area contributed by atoms with Crippen molar-refractivity contribution < 1.29 is 18.1 Å². The van der Waals surface area contributed by atoms with Crippen LogP contribution in [0.3, 0.4) is 0 Å². The zero-order valence-corrected chi connectivity index (χ0v) is 10.9. The first-order chi connectivity index (χ1) is 8.70. The summed E-state index contributed by atoms with van der Waals surface area (Å²) in [5.74, 6) is -1.31. The van der Waals surface area contributed by atoms with E-state index in [4.69, 9.17) is 16.7 Å². The van der Waals surface area contributed by atoms with Gasteiger partial charge in [0.2, 0.25) is 10.0 Å². The van der Waals surface area contributed by atoms with E-state index in [1.807, 2.05) is 0 Å². The smallest absolute Gasteiger partial charge is 0.300 e. The second-order valence-corrected chi connectivity index (χ2v) is 5.53. The van der Waals surface area contributed by atoms with E-state index in [1.165, 1.54) is 0 Å². The summed E-state index contributed by atoms with van der Waals surface area (Å²) < 4.78 is 21.3. The molecule has 0 bridgehead atoms. The first-order valence-corrected chi connectivity index (χ1v) is 6.88. The molecule has 1 heterocycles. The number of amides is 1. The number of halogens is 1. The molecule has 9 nitrogen and oxygen atoms in total. The number of nitrogens with two attached hydrogens (primary N) is 1. The van der Waals surface area contributed by atoms with Gasteiger partial charge in [0.05, 0.1) is 10.7 Å². The highest BCUT2D eigenvalue weighted by molar-refractivity contribution is 7.89. The number of sulfonamides is 1. The second-order valence-electron chi connectivity index (χ2n) is 3.40. The fourth-order valence-electron chi connectivity index (χ4n) is 1.15.